The molecule has 1 atom stereocenters. The molecule has 2 N–H and O–H groups in total. The summed E-state index contributed by atoms with van der Waals surface area (Å²) in [6.45, 7) is 2.65. The number of hydrogen-bond acceptors (Lipinski definition) is 3. The standard InChI is InChI=1S/C14H19N3OS.HI/c15-14(17-5-7-19-8-6-17)16-10-12-9-11-3-1-2-4-13(11)18-12;/h1-4,12H,5-10H2,(H2,15,16);1H. The predicted octanol–water partition coefficient (Wildman–Crippen LogP) is 1.97. The van der Waals surface area contributed by atoms with E-state index in [0.29, 0.717) is 12.5 Å². The summed E-state index contributed by atoms with van der Waals surface area (Å²) in [6, 6.07) is 8.19. The number of ether oxygens (including phenoxy) is 1. The highest BCUT2D eigenvalue weighted by molar-refractivity contribution is 14.0. The van der Waals surface area contributed by atoms with Crippen LogP contribution in [0.15, 0.2) is 29.3 Å². The van der Waals surface area contributed by atoms with Crippen molar-refractivity contribution < 1.29 is 4.74 Å². The van der Waals surface area contributed by atoms with Crippen molar-refractivity contribution in [2.45, 2.75) is 12.5 Å². The molecular weight excluding hydrogens is 385 g/mol. The van der Waals surface area contributed by atoms with Crippen LogP contribution in [0.5, 0.6) is 5.75 Å². The lowest BCUT2D eigenvalue weighted by Crippen LogP contribution is -2.43. The Balaban J connectivity index is 0.00000147. The van der Waals surface area contributed by atoms with Crippen LogP contribution in [0, 0.1) is 0 Å². The second-order valence-corrected chi connectivity index (χ2v) is 6.07. The van der Waals surface area contributed by atoms with Crippen molar-refractivity contribution in [3.8, 4) is 5.75 Å². The molecule has 6 heteroatoms. The molecule has 3 rings (SSSR count). The average Bonchev–Trinajstić information content (AvgIpc) is 2.88. The van der Waals surface area contributed by atoms with Gasteiger partial charge in [0.05, 0.1) is 6.54 Å². The van der Waals surface area contributed by atoms with Crippen molar-refractivity contribution in [1.82, 2.24) is 4.90 Å². The van der Waals surface area contributed by atoms with E-state index in [2.05, 4.69) is 16.0 Å². The monoisotopic (exact) mass is 405 g/mol. The van der Waals surface area contributed by atoms with Gasteiger partial charge in [-0.3, -0.25) is 0 Å². The molecule has 2 aliphatic heterocycles. The lowest BCUT2D eigenvalue weighted by atomic mass is 10.1. The SMILES string of the molecule is I.NC(=NCC1Cc2ccccc2O1)N1CCSCC1. The van der Waals surface area contributed by atoms with Gasteiger partial charge in [0.15, 0.2) is 5.96 Å². The Hall–Kier alpha value is -0.630. The molecular formula is C14H20IN3OS. The second kappa shape index (κ2) is 7.40. The molecule has 0 spiro atoms. The summed E-state index contributed by atoms with van der Waals surface area (Å²) in [6.07, 6.45) is 1.07. The lowest BCUT2D eigenvalue weighted by molar-refractivity contribution is 0.241. The zero-order valence-corrected chi connectivity index (χ0v) is 14.5. The topological polar surface area (TPSA) is 50.9 Å². The van der Waals surface area contributed by atoms with Crippen molar-refractivity contribution in [2.75, 3.05) is 31.1 Å². The number of fused-ring (bicyclic) bond motifs is 1. The number of para-hydroxylation sites is 1. The molecule has 1 aromatic rings. The van der Waals surface area contributed by atoms with Gasteiger partial charge < -0.3 is 15.4 Å². The zero-order valence-electron chi connectivity index (χ0n) is 11.3. The van der Waals surface area contributed by atoms with Crippen LogP contribution in [0.25, 0.3) is 0 Å². The van der Waals surface area contributed by atoms with Crippen LogP contribution in [0.2, 0.25) is 0 Å². The van der Waals surface area contributed by atoms with Crippen LogP contribution >= 0.6 is 35.7 Å². The second-order valence-electron chi connectivity index (χ2n) is 4.85. The Morgan fingerprint density at radius 2 is 2.10 bits per heavy atom. The van der Waals surface area contributed by atoms with Crippen LogP contribution in [0.4, 0.5) is 0 Å². The summed E-state index contributed by atoms with van der Waals surface area (Å²) in [5.74, 6) is 3.94. The first kappa shape index (κ1) is 15.8. The molecule has 2 heterocycles. The molecule has 1 aromatic carbocycles. The van der Waals surface area contributed by atoms with Crippen molar-refractivity contribution in [3.05, 3.63) is 29.8 Å². The molecule has 1 fully saturated rings. The number of nitrogens with two attached hydrogens (primary N) is 1. The van der Waals surface area contributed by atoms with E-state index in [1.54, 1.807) is 0 Å². The molecule has 4 nitrogen and oxygen atoms in total. The Labute approximate surface area is 141 Å². The van der Waals surface area contributed by atoms with Crippen molar-refractivity contribution in [1.29, 1.82) is 0 Å². The number of guanidine groups is 1. The molecule has 2 aliphatic rings. The normalized spacial score (nSPS) is 21.9. The van der Waals surface area contributed by atoms with E-state index < -0.39 is 0 Å². The highest BCUT2D eigenvalue weighted by Gasteiger charge is 2.22. The molecule has 1 unspecified atom stereocenters. The predicted molar refractivity (Wildman–Crippen MR) is 95.4 cm³/mol. The van der Waals surface area contributed by atoms with Gasteiger partial charge in [0.1, 0.15) is 11.9 Å². The Bertz CT molecular complexity index is 452. The van der Waals surface area contributed by atoms with Crippen LogP contribution in [0.3, 0.4) is 0 Å². The molecule has 1 saturated heterocycles. The van der Waals surface area contributed by atoms with Gasteiger partial charge in [0.25, 0.3) is 0 Å². The van der Waals surface area contributed by atoms with Gasteiger partial charge in [-0.1, -0.05) is 18.2 Å². The van der Waals surface area contributed by atoms with Crippen molar-refractivity contribution >= 4 is 41.7 Å². The van der Waals surface area contributed by atoms with Gasteiger partial charge in [-0.15, -0.1) is 24.0 Å². The zero-order chi connectivity index (χ0) is 13.1. The van der Waals surface area contributed by atoms with Gasteiger partial charge >= 0.3 is 0 Å². The summed E-state index contributed by atoms with van der Waals surface area (Å²) in [5, 5.41) is 0. The quantitative estimate of drug-likeness (QED) is 0.465. The fourth-order valence-corrected chi connectivity index (χ4v) is 3.35. The number of nitrogens with zero attached hydrogens (tertiary/aromatic N) is 2. The van der Waals surface area contributed by atoms with Gasteiger partial charge in [0.2, 0.25) is 0 Å². The molecule has 0 aliphatic carbocycles. The highest BCUT2D eigenvalue weighted by atomic mass is 127. The molecule has 110 valence electrons. The minimum Gasteiger partial charge on any atom is -0.488 e. The van der Waals surface area contributed by atoms with Crippen LogP contribution in [-0.4, -0.2) is 48.1 Å². The average molecular weight is 405 g/mol. The van der Waals surface area contributed by atoms with Crippen molar-refractivity contribution in [3.63, 3.8) is 0 Å². The Kier molecular flexibility index (Phi) is 5.83. The van der Waals surface area contributed by atoms with E-state index in [-0.39, 0.29) is 30.1 Å². The van der Waals surface area contributed by atoms with Gasteiger partial charge in [-0.25, -0.2) is 4.99 Å². The number of aliphatic imine (C=N–C) groups is 1. The van der Waals surface area contributed by atoms with Crippen molar-refractivity contribution in [2.24, 2.45) is 10.7 Å². The van der Waals surface area contributed by atoms with Crippen LogP contribution < -0.4 is 10.5 Å². The van der Waals surface area contributed by atoms with E-state index in [4.69, 9.17) is 10.5 Å². The lowest BCUT2D eigenvalue weighted by Gasteiger charge is -2.27. The van der Waals surface area contributed by atoms with E-state index in [1.807, 2.05) is 30.0 Å². The summed E-state index contributed by atoms with van der Waals surface area (Å²) in [4.78, 5) is 6.66. The molecule has 0 bridgehead atoms. The van der Waals surface area contributed by atoms with E-state index in [0.717, 1.165) is 36.8 Å². The first-order valence-corrected chi connectivity index (χ1v) is 7.85. The smallest absolute Gasteiger partial charge is 0.191 e. The first-order chi connectivity index (χ1) is 9.33. The van der Waals surface area contributed by atoms with E-state index >= 15 is 0 Å². The van der Waals surface area contributed by atoms with Gasteiger partial charge in [-0.2, -0.15) is 11.8 Å². The molecule has 0 aromatic heterocycles. The third kappa shape index (κ3) is 3.72. The maximum Gasteiger partial charge on any atom is 0.191 e. The van der Waals surface area contributed by atoms with Gasteiger partial charge in [0, 0.05) is 31.0 Å². The number of rotatable bonds is 2. The first-order valence-electron chi connectivity index (χ1n) is 6.70. The maximum absolute atomic E-state index is 6.04. The Morgan fingerprint density at radius 3 is 2.85 bits per heavy atom. The fourth-order valence-electron chi connectivity index (χ4n) is 2.44. The summed E-state index contributed by atoms with van der Waals surface area (Å²) < 4.78 is 5.86. The number of benzene rings is 1. The van der Waals surface area contributed by atoms with Crippen LogP contribution in [0.1, 0.15) is 5.56 Å². The largest absolute Gasteiger partial charge is 0.488 e. The minimum absolute atomic E-state index is 0. The molecule has 0 amide bonds. The minimum atomic E-state index is 0. The summed E-state index contributed by atoms with van der Waals surface area (Å²) in [7, 11) is 0. The molecule has 0 radical (unpaired) electrons. The highest BCUT2D eigenvalue weighted by Crippen LogP contribution is 2.28. The summed E-state index contributed by atoms with van der Waals surface area (Å²) >= 11 is 1.97. The maximum atomic E-state index is 6.04. The number of halogens is 1. The number of thioether (sulfide) groups is 1. The van der Waals surface area contributed by atoms with Gasteiger partial charge in [-0.05, 0) is 11.6 Å². The summed E-state index contributed by atoms with van der Waals surface area (Å²) in [5.41, 5.74) is 7.32. The third-order valence-electron chi connectivity index (χ3n) is 3.51. The van der Waals surface area contributed by atoms with Crippen LogP contribution in [-0.2, 0) is 6.42 Å². The third-order valence-corrected chi connectivity index (χ3v) is 4.45. The van der Waals surface area contributed by atoms with E-state index in [1.165, 1.54) is 5.56 Å². The van der Waals surface area contributed by atoms with E-state index in [9.17, 15) is 0 Å². The molecule has 0 saturated carbocycles. The Morgan fingerprint density at radius 1 is 1.35 bits per heavy atom. The number of hydrogen-bond donors (Lipinski definition) is 1. The fraction of sp³-hybridized carbons (Fsp3) is 0.500. The molecule has 20 heavy (non-hydrogen) atoms.